The minimum atomic E-state index is -0.0331. The van der Waals surface area contributed by atoms with Gasteiger partial charge in [-0.3, -0.25) is 4.68 Å². The van der Waals surface area contributed by atoms with Gasteiger partial charge in [-0.2, -0.15) is 5.10 Å². The van der Waals surface area contributed by atoms with Crippen LogP contribution in [0.1, 0.15) is 43.0 Å². The molecule has 0 aliphatic heterocycles. The predicted octanol–water partition coefficient (Wildman–Crippen LogP) is 3.69. The molecule has 1 aliphatic carbocycles. The van der Waals surface area contributed by atoms with Crippen molar-refractivity contribution >= 4 is 15.9 Å². The van der Waals surface area contributed by atoms with Gasteiger partial charge < -0.3 is 5.73 Å². The molecule has 0 radical (unpaired) electrons. The van der Waals surface area contributed by atoms with E-state index in [0.717, 1.165) is 23.0 Å². The van der Waals surface area contributed by atoms with E-state index in [0.29, 0.717) is 0 Å². The van der Waals surface area contributed by atoms with E-state index >= 15 is 0 Å². The zero-order chi connectivity index (χ0) is 14.2. The molecule has 1 fully saturated rings. The summed E-state index contributed by atoms with van der Waals surface area (Å²) in [5, 5.41) is 4.32. The second-order valence-corrected chi connectivity index (χ2v) is 6.56. The predicted molar refractivity (Wildman–Crippen MR) is 84.4 cm³/mol. The van der Waals surface area contributed by atoms with Crippen LogP contribution in [0.5, 0.6) is 0 Å². The molecule has 0 spiro atoms. The lowest BCUT2D eigenvalue weighted by Gasteiger charge is -2.36. The van der Waals surface area contributed by atoms with Gasteiger partial charge in [-0.1, -0.05) is 43.2 Å². The van der Waals surface area contributed by atoms with Crippen LogP contribution in [0, 0.1) is 0 Å². The van der Waals surface area contributed by atoms with E-state index in [1.54, 1.807) is 0 Å². The molecule has 106 valence electrons. The van der Waals surface area contributed by atoms with Crippen molar-refractivity contribution in [1.82, 2.24) is 9.78 Å². The molecule has 1 heterocycles. The highest BCUT2D eigenvalue weighted by Gasteiger charge is 2.43. The van der Waals surface area contributed by atoms with Crippen LogP contribution >= 0.6 is 15.9 Å². The topological polar surface area (TPSA) is 43.8 Å². The van der Waals surface area contributed by atoms with Gasteiger partial charge in [0.1, 0.15) is 0 Å². The quantitative estimate of drug-likeness (QED) is 0.930. The van der Waals surface area contributed by atoms with Gasteiger partial charge in [0, 0.05) is 12.5 Å². The number of aryl methyl sites for hydroxylation is 1. The number of nitrogens with zero attached hydrogens (tertiary/aromatic N) is 2. The van der Waals surface area contributed by atoms with Crippen LogP contribution < -0.4 is 5.73 Å². The lowest BCUT2D eigenvalue weighted by Crippen LogP contribution is -2.37. The Bertz CT molecular complexity index is 566. The van der Waals surface area contributed by atoms with Crippen LogP contribution in [-0.2, 0) is 12.5 Å². The molecule has 2 aromatic rings. The number of nitrogens with two attached hydrogens (primary N) is 1. The number of benzene rings is 1. The maximum atomic E-state index is 6.72. The molecule has 2 N–H and O–H groups in total. The van der Waals surface area contributed by atoms with E-state index in [2.05, 4.69) is 51.4 Å². The summed E-state index contributed by atoms with van der Waals surface area (Å²) < 4.78 is 2.91. The Labute approximate surface area is 128 Å². The second-order valence-electron chi connectivity index (χ2n) is 5.71. The van der Waals surface area contributed by atoms with E-state index in [4.69, 9.17) is 5.73 Å². The van der Waals surface area contributed by atoms with Crippen LogP contribution in [0.4, 0.5) is 0 Å². The van der Waals surface area contributed by atoms with E-state index < -0.39 is 0 Å². The highest BCUT2D eigenvalue weighted by atomic mass is 79.9. The largest absolute Gasteiger partial charge is 0.322 e. The van der Waals surface area contributed by atoms with Crippen LogP contribution in [0.3, 0.4) is 0 Å². The Morgan fingerprint density at radius 2 is 1.90 bits per heavy atom. The zero-order valence-electron chi connectivity index (χ0n) is 11.7. The van der Waals surface area contributed by atoms with Crippen LogP contribution in [0.15, 0.2) is 41.0 Å². The molecular formula is C16H20BrN3. The Morgan fingerprint density at radius 3 is 2.45 bits per heavy atom. The van der Waals surface area contributed by atoms with Gasteiger partial charge in [0.25, 0.3) is 0 Å². The maximum Gasteiger partial charge on any atom is 0.0699 e. The minimum absolute atomic E-state index is 0.0331. The fourth-order valence-corrected chi connectivity index (χ4v) is 4.18. The molecule has 1 saturated carbocycles. The average molecular weight is 334 g/mol. The fourth-order valence-electron chi connectivity index (χ4n) is 3.59. The first kappa shape index (κ1) is 13.8. The highest BCUT2D eigenvalue weighted by Crippen LogP contribution is 2.49. The molecule has 1 aliphatic rings. The number of rotatable bonds is 3. The molecule has 0 bridgehead atoms. The summed E-state index contributed by atoms with van der Waals surface area (Å²) in [4.78, 5) is 0. The number of hydrogen-bond donors (Lipinski definition) is 1. The molecule has 20 heavy (non-hydrogen) atoms. The average Bonchev–Trinajstić information content (AvgIpc) is 3.08. The van der Waals surface area contributed by atoms with E-state index in [1.807, 2.05) is 17.9 Å². The van der Waals surface area contributed by atoms with Gasteiger partial charge in [0.05, 0.1) is 22.4 Å². The van der Waals surface area contributed by atoms with Crippen molar-refractivity contribution in [1.29, 1.82) is 0 Å². The molecule has 4 heteroatoms. The molecular weight excluding hydrogens is 314 g/mol. The Morgan fingerprint density at radius 1 is 1.25 bits per heavy atom. The summed E-state index contributed by atoms with van der Waals surface area (Å²) in [6, 6.07) is 10.7. The van der Waals surface area contributed by atoms with Crippen LogP contribution in [0.25, 0.3) is 0 Å². The second kappa shape index (κ2) is 5.34. The van der Waals surface area contributed by atoms with Crippen molar-refractivity contribution in [2.75, 3.05) is 0 Å². The summed E-state index contributed by atoms with van der Waals surface area (Å²) >= 11 is 3.60. The summed E-state index contributed by atoms with van der Waals surface area (Å²) in [6.45, 7) is 0. The van der Waals surface area contributed by atoms with Gasteiger partial charge in [0.2, 0.25) is 0 Å². The standard InChI is InChI=1S/C16H20BrN3/c1-20-14(13(17)11-19-20)15(18)16(9-5-6-10-16)12-7-3-2-4-8-12/h2-4,7-8,11,15H,5-6,9-10,18H2,1H3. The first-order valence-electron chi connectivity index (χ1n) is 7.14. The Kier molecular flexibility index (Phi) is 3.69. The zero-order valence-corrected chi connectivity index (χ0v) is 13.3. The number of hydrogen-bond acceptors (Lipinski definition) is 2. The first-order chi connectivity index (χ1) is 9.65. The van der Waals surface area contributed by atoms with Gasteiger partial charge in [-0.05, 0) is 34.3 Å². The van der Waals surface area contributed by atoms with E-state index in [1.165, 1.54) is 18.4 Å². The smallest absolute Gasteiger partial charge is 0.0699 e. The van der Waals surface area contributed by atoms with E-state index in [9.17, 15) is 0 Å². The van der Waals surface area contributed by atoms with Crippen molar-refractivity contribution in [2.24, 2.45) is 12.8 Å². The summed E-state index contributed by atoms with van der Waals surface area (Å²) in [5.41, 5.74) is 9.21. The third kappa shape index (κ3) is 2.11. The number of aromatic nitrogens is 2. The Hall–Kier alpha value is -1.13. The van der Waals surface area contributed by atoms with Crippen molar-refractivity contribution in [3.8, 4) is 0 Å². The molecule has 1 aromatic carbocycles. The van der Waals surface area contributed by atoms with Crippen LogP contribution in [0.2, 0.25) is 0 Å². The lowest BCUT2D eigenvalue weighted by molar-refractivity contribution is 0.341. The summed E-state index contributed by atoms with van der Waals surface area (Å²) in [5.74, 6) is 0. The van der Waals surface area contributed by atoms with Crippen molar-refractivity contribution in [2.45, 2.75) is 37.1 Å². The molecule has 1 unspecified atom stereocenters. The van der Waals surface area contributed by atoms with Gasteiger partial charge in [-0.15, -0.1) is 0 Å². The maximum absolute atomic E-state index is 6.72. The Balaban J connectivity index is 2.08. The van der Waals surface area contributed by atoms with Crippen molar-refractivity contribution < 1.29 is 0 Å². The molecule has 1 atom stereocenters. The molecule has 3 rings (SSSR count). The first-order valence-corrected chi connectivity index (χ1v) is 7.93. The van der Waals surface area contributed by atoms with Gasteiger partial charge in [0.15, 0.2) is 0 Å². The van der Waals surface area contributed by atoms with Crippen LogP contribution in [-0.4, -0.2) is 9.78 Å². The normalized spacial score (nSPS) is 19.1. The number of halogens is 1. The molecule has 3 nitrogen and oxygen atoms in total. The SMILES string of the molecule is Cn1ncc(Br)c1C(N)C1(c2ccccc2)CCCC1. The summed E-state index contributed by atoms with van der Waals surface area (Å²) in [6.07, 6.45) is 6.63. The third-order valence-electron chi connectivity index (χ3n) is 4.67. The highest BCUT2D eigenvalue weighted by molar-refractivity contribution is 9.10. The van der Waals surface area contributed by atoms with Crippen molar-refractivity contribution in [3.63, 3.8) is 0 Å². The third-order valence-corrected chi connectivity index (χ3v) is 5.28. The van der Waals surface area contributed by atoms with Gasteiger partial charge in [-0.25, -0.2) is 0 Å². The molecule has 0 saturated heterocycles. The van der Waals surface area contributed by atoms with Crippen molar-refractivity contribution in [3.05, 3.63) is 52.3 Å². The summed E-state index contributed by atoms with van der Waals surface area (Å²) in [7, 11) is 1.97. The molecule has 1 aromatic heterocycles. The fraction of sp³-hybridized carbons (Fsp3) is 0.438. The monoisotopic (exact) mass is 333 g/mol. The van der Waals surface area contributed by atoms with E-state index in [-0.39, 0.29) is 11.5 Å². The lowest BCUT2D eigenvalue weighted by atomic mass is 9.72. The minimum Gasteiger partial charge on any atom is -0.322 e. The van der Waals surface area contributed by atoms with Gasteiger partial charge >= 0.3 is 0 Å². The molecule has 0 amide bonds.